The Morgan fingerprint density at radius 2 is 1.89 bits per heavy atom. The summed E-state index contributed by atoms with van der Waals surface area (Å²) in [5, 5.41) is 11.9. The summed E-state index contributed by atoms with van der Waals surface area (Å²) in [4.78, 5) is 0. The van der Waals surface area contributed by atoms with Gasteiger partial charge in [0.15, 0.2) is 6.61 Å². The summed E-state index contributed by atoms with van der Waals surface area (Å²) in [7, 11) is 0. The topological polar surface area (TPSA) is 45.0 Å². The quantitative estimate of drug-likeness (QED) is 0.817. The van der Waals surface area contributed by atoms with E-state index in [2.05, 4.69) is 33.0 Å². The molecule has 0 atom stereocenters. The Kier molecular flexibility index (Phi) is 5.85. The van der Waals surface area contributed by atoms with Crippen molar-refractivity contribution < 1.29 is 4.74 Å². The first-order chi connectivity index (χ1) is 8.95. The lowest BCUT2D eigenvalue weighted by Gasteiger charge is -2.29. The maximum absolute atomic E-state index is 8.43. The third-order valence-electron chi connectivity index (χ3n) is 3.70. The molecule has 104 valence electrons. The van der Waals surface area contributed by atoms with Crippen LogP contribution < -0.4 is 10.1 Å². The second-order valence-electron chi connectivity index (χ2n) is 5.84. The van der Waals surface area contributed by atoms with E-state index in [1.807, 2.05) is 30.3 Å². The first-order valence-electron chi connectivity index (χ1n) is 6.75. The second kappa shape index (κ2) is 7.16. The molecule has 1 aromatic rings. The van der Waals surface area contributed by atoms with Crippen LogP contribution in [0.3, 0.4) is 0 Å². The Balaban J connectivity index is 2.40. The highest BCUT2D eigenvalue weighted by Crippen LogP contribution is 2.24. The van der Waals surface area contributed by atoms with Crippen LogP contribution in [0, 0.1) is 22.7 Å². The fourth-order valence-electron chi connectivity index (χ4n) is 1.55. The molecule has 1 aromatic carbocycles. The van der Waals surface area contributed by atoms with Gasteiger partial charge in [-0.15, -0.1) is 0 Å². The number of nitrogens with one attached hydrogen (secondary N) is 1. The van der Waals surface area contributed by atoms with Crippen LogP contribution in [0.2, 0.25) is 0 Å². The molecular weight excluding hydrogens is 236 g/mol. The second-order valence-corrected chi connectivity index (χ2v) is 5.84. The fourth-order valence-corrected chi connectivity index (χ4v) is 1.55. The van der Waals surface area contributed by atoms with E-state index in [4.69, 9.17) is 10.00 Å². The van der Waals surface area contributed by atoms with Crippen LogP contribution in [0.1, 0.15) is 33.3 Å². The van der Waals surface area contributed by atoms with Gasteiger partial charge in [-0.1, -0.05) is 39.8 Å². The summed E-state index contributed by atoms with van der Waals surface area (Å²) < 4.78 is 5.22. The van der Waals surface area contributed by atoms with Gasteiger partial charge in [-0.05, 0) is 29.0 Å². The lowest BCUT2D eigenvalue weighted by molar-refractivity contribution is 0.238. The number of hydrogen-bond donors (Lipinski definition) is 1. The van der Waals surface area contributed by atoms with Crippen molar-refractivity contribution in [3.8, 4) is 11.8 Å². The van der Waals surface area contributed by atoms with Crippen molar-refractivity contribution in [2.75, 3.05) is 13.2 Å². The average molecular weight is 260 g/mol. The first-order valence-corrected chi connectivity index (χ1v) is 6.75. The van der Waals surface area contributed by atoms with Crippen molar-refractivity contribution in [2.45, 2.75) is 34.2 Å². The Morgan fingerprint density at radius 1 is 1.26 bits per heavy atom. The van der Waals surface area contributed by atoms with Gasteiger partial charge < -0.3 is 10.1 Å². The van der Waals surface area contributed by atoms with Crippen LogP contribution in [0.4, 0.5) is 0 Å². The van der Waals surface area contributed by atoms with Gasteiger partial charge >= 0.3 is 0 Å². The molecule has 0 saturated heterocycles. The zero-order chi connectivity index (χ0) is 14.3. The number of ether oxygens (including phenoxy) is 1. The van der Waals surface area contributed by atoms with Crippen molar-refractivity contribution >= 4 is 0 Å². The lowest BCUT2D eigenvalue weighted by Crippen LogP contribution is -2.33. The van der Waals surface area contributed by atoms with E-state index in [1.165, 1.54) is 5.56 Å². The average Bonchev–Trinajstić information content (AvgIpc) is 2.37. The highest BCUT2D eigenvalue weighted by molar-refractivity contribution is 5.27. The Bertz CT molecular complexity index is 415. The molecule has 0 amide bonds. The highest BCUT2D eigenvalue weighted by atomic mass is 16.5. The number of rotatable bonds is 7. The van der Waals surface area contributed by atoms with E-state index in [1.54, 1.807) is 0 Å². The molecular formula is C16H24N2O. The molecule has 19 heavy (non-hydrogen) atoms. The number of nitrogens with zero attached hydrogens (tertiary/aromatic N) is 1. The summed E-state index contributed by atoms with van der Waals surface area (Å²) in [6.07, 6.45) is 0. The molecule has 0 fully saturated rings. The van der Waals surface area contributed by atoms with Crippen molar-refractivity contribution in [1.82, 2.24) is 5.32 Å². The molecule has 0 spiro atoms. The summed E-state index contributed by atoms with van der Waals surface area (Å²) in [5.74, 6) is 1.40. The Hall–Kier alpha value is -1.53. The number of hydrogen-bond acceptors (Lipinski definition) is 3. The van der Waals surface area contributed by atoms with E-state index in [9.17, 15) is 0 Å². The third kappa shape index (κ3) is 5.32. The van der Waals surface area contributed by atoms with Gasteiger partial charge in [-0.2, -0.15) is 5.26 Å². The predicted octanol–water partition coefficient (Wildman–Crippen LogP) is 3.36. The van der Waals surface area contributed by atoms with Crippen LogP contribution in [0.15, 0.2) is 24.3 Å². The smallest absolute Gasteiger partial charge is 0.174 e. The largest absolute Gasteiger partial charge is 0.479 e. The van der Waals surface area contributed by atoms with Gasteiger partial charge in [0.25, 0.3) is 0 Å². The molecule has 0 radical (unpaired) electrons. The molecule has 0 aliphatic rings. The van der Waals surface area contributed by atoms with Gasteiger partial charge in [0.1, 0.15) is 11.8 Å². The summed E-state index contributed by atoms with van der Waals surface area (Å²) in [6, 6.07) is 9.83. The summed E-state index contributed by atoms with van der Waals surface area (Å²) in [6.45, 7) is 11.0. The minimum Gasteiger partial charge on any atom is -0.479 e. The molecule has 1 N–H and O–H groups in total. The minimum atomic E-state index is 0.0974. The maximum Gasteiger partial charge on any atom is 0.174 e. The van der Waals surface area contributed by atoms with Gasteiger partial charge in [0.2, 0.25) is 0 Å². The van der Waals surface area contributed by atoms with E-state index in [0.717, 1.165) is 18.8 Å². The molecule has 0 unspecified atom stereocenters. The SMILES string of the molecule is CC(C)C(C)(C)CNCc1ccc(OCC#N)cc1. The van der Waals surface area contributed by atoms with Crippen molar-refractivity contribution in [3.05, 3.63) is 29.8 Å². The van der Waals surface area contributed by atoms with Gasteiger partial charge in [0.05, 0.1) is 0 Å². The molecule has 0 aliphatic heterocycles. The van der Waals surface area contributed by atoms with Crippen LogP contribution in [0.5, 0.6) is 5.75 Å². The van der Waals surface area contributed by atoms with Gasteiger partial charge in [0, 0.05) is 13.1 Å². The molecule has 0 saturated carbocycles. The predicted molar refractivity (Wildman–Crippen MR) is 77.9 cm³/mol. The molecule has 0 aliphatic carbocycles. The van der Waals surface area contributed by atoms with Crippen molar-refractivity contribution in [1.29, 1.82) is 5.26 Å². The minimum absolute atomic E-state index is 0.0974. The zero-order valence-electron chi connectivity index (χ0n) is 12.4. The summed E-state index contributed by atoms with van der Waals surface area (Å²) >= 11 is 0. The standard InChI is InChI=1S/C16H24N2O/c1-13(2)16(3,4)12-18-11-14-5-7-15(8-6-14)19-10-9-17/h5-8,13,18H,10-12H2,1-4H3. The molecule has 3 nitrogen and oxygen atoms in total. The van der Waals surface area contributed by atoms with E-state index in [-0.39, 0.29) is 6.61 Å². The first kappa shape index (κ1) is 15.5. The zero-order valence-corrected chi connectivity index (χ0v) is 12.4. The molecule has 0 bridgehead atoms. The van der Waals surface area contributed by atoms with Gasteiger partial charge in [-0.3, -0.25) is 0 Å². The molecule has 0 heterocycles. The molecule has 1 rings (SSSR count). The van der Waals surface area contributed by atoms with E-state index in [0.29, 0.717) is 11.3 Å². The fraction of sp³-hybridized carbons (Fsp3) is 0.562. The summed E-state index contributed by atoms with van der Waals surface area (Å²) in [5.41, 5.74) is 1.53. The van der Waals surface area contributed by atoms with Crippen LogP contribution >= 0.6 is 0 Å². The number of benzene rings is 1. The van der Waals surface area contributed by atoms with Crippen molar-refractivity contribution in [3.63, 3.8) is 0 Å². The Morgan fingerprint density at radius 3 is 2.42 bits per heavy atom. The van der Waals surface area contributed by atoms with Crippen LogP contribution in [-0.2, 0) is 6.54 Å². The Labute approximate surface area is 116 Å². The normalized spacial score (nSPS) is 11.4. The molecule has 0 aromatic heterocycles. The van der Waals surface area contributed by atoms with Crippen LogP contribution in [0.25, 0.3) is 0 Å². The monoisotopic (exact) mass is 260 g/mol. The maximum atomic E-state index is 8.43. The van der Waals surface area contributed by atoms with Crippen LogP contribution in [-0.4, -0.2) is 13.2 Å². The van der Waals surface area contributed by atoms with Crippen molar-refractivity contribution in [2.24, 2.45) is 11.3 Å². The molecule has 3 heteroatoms. The van der Waals surface area contributed by atoms with E-state index < -0.39 is 0 Å². The van der Waals surface area contributed by atoms with Gasteiger partial charge in [-0.25, -0.2) is 0 Å². The van der Waals surface area contributed by atoms with E-state index >= 15 is 0 Å². The highest BCUT2D eigenvalue weighted by Gasteiger charge is 2.21. The lowest BCUT2D eigenvalue weighted by atomic mass is 9.81. The number of nitriles is 1. The third-order valence-corrected chi connectivity index (χ3v) is 3.70.